The lowest BCUT2D eigenvalue weighted by Crippen LogP contribution is -2.22. The molecule has 0 aromatic carbocycles. The van der Waals surface area contributed by atoms with E-state index in [1.807, 2.05) is 0 Å². The summed E-state index contributed by atoms with van der Waals surface area (Å²) in [5.41, 5.74) is 1.60. The average Bonchev–Trinajstić information content (AvgIpc) is 2.55. The molecule has 0 aliphatic carbocycles. The Morgan fingerprint density at radius 1 is 1.71 bits per heavy atom. The van der Waals surface area contributed by atoms with E-state index in [0.29, 0.717) is 13.0 Å². The van der Waals surface area contributed by atoms with Crippen LogP contribution in [0, 0.1) is 0 Å². The minimum atomic E-state index is -0.0617. The van der Waals surface area contributed by atoms with Crippen LogP contribution in [0.25, 0.3) is 0 Å². The van der Waals surface area contributed by atoms with Gasteiger partial charge in [0.15, 0.2) is 0 Å². The van der Waals surface area contributed by atoms with Crippen molar-refractivity contribution in [2.45, 2.75) is 26.5 Å². The first-order valence-corrected chi connectivity index (χ1v) is 4.56. The van der Waals surface area contributed by atoms with E-state index >= 15 is 0 Å². The van der Waals surface area contributed by atoms with Gasteiger partial charge in [0.25, 0.3) is 0 Å². The number of carbonyl (C=O) groups excluding carboxylic acids is 1. The molecule has 5 nitrogen and oxygen atoms in total. The maximum Gasteiger partial charge on any atom is 0.219 e. The number of nitrogens with zero attached hydrogens (tertiary/aromatic N) is 2. The summed E-state index contributed by atoms with van der Waals surface area (Å²) in [6, 6.07) is 0. The highest BCUT2D eigenvalue weighted by atomic mass is 16.3. The molecular weight excluding hydrogens is 182 g/mol. The third-order valence-electron chi connectivity index (χ3n) is 2.09. The molecular formula is C9H15N3O2. The summed E-state index contributed by atoms with van der Waals surface area (Å²) < 4.78 is 1.60. The standard InChI is InChI=1S/C9H15N3O2/c1-3-9(14)10-4-7-5-11-12(2)8(7)6-13/h5,13H,3-4,6H2,1-2H3,(H,10,14). The van der Waals surface area contributed by atoms with E-state index < -0.39 is 0 Å². The molecule has 0 unspecified atom stereocenters. The summed E-state index contributed by atoms with van der Waals surface area (Å²) in [5.74, 6) is -0.00209. The Hall–Kier alpha value is -1.36. The Morgan fingerprint density at radius 2 is 2.43 bits per heavy atom. The molecule has 0 saturated carbocycles. The van der Waals surface area contributed by atoms with Gasteiger partial charge in [-0.2, -0.15) is 5.10 Å². The van der Waals surface area contributed by atoms with Crippen LogP contribution in [0.4, 0.5) is 0 Å². The Bertz CT molecular complexity index is 320. The van der Waals surface area contributed by atoms with Gasteiger partial charge in [0, 0.05) is 25.6 Å². The first-order valence-electron chi connectivity index (χ1n) is 4.56. The average molecular weight is 197 g/mol. The fourth-order valence-corrected chi connectivity index (χ4v) is 1.18. The molecule has 0 radical (unpaired) electrons. The van der Waals surface area contributed by atoms with Gasteiger partial charge in [0.2, 0.25) is 5.91 Å². The van der Waals surface area contributed by atoms with Gasteiger partial charge in [-0.15, -0.1) is 0 Å². The monoisotopic (exact) mass is 197 g/mol. The number of aliphatic hydroxyl groups excluding tert-OH is 1. The fourth-order valence-electron chi connectivity index (χ4n) is 1.18. The van der Waals surface area contributed by atoms with Gasteiger partial charge < -0.3 is 10.4 Å². The van der Waals surface area contributed by atoms with E-state index in [9.17, 15) is 4.79 Å². The largest absolute Gasteiger partial charge is 0.390 e. The van der Waals surface area contributed by atoms with Crippen molar-refractivity contribution in [3.8, 4) is 0 Å². The zero-order chi connectivity index (χ0) is 10.6. The summed E-state index contributed by atoms with van der Waals surface area (Å²) in [7, 11) is 1.76. The van der Waals surface area contributed by atoms with E-state index in [1.165, 1.54) is 0 Å². The molecule has 1 amide bonds. The Labute approximate surface area is 82.7 Å². The van der Waals surface area contributed by atoms with Crippen LogP contribution >= 0.6 is 0 Å². The van der Waals surface area contributed by atoms with Crippen LogP contribution in [-0.4, -0.2) is 20.8 Å². The second kappa shape index (κ2) is 4.76. The number of aryl methyl sites for hydroxylation is 1. The predicted molar refractivity (Wildman–Crippen MR) is 51.3 cm³/mol. The topological polar surface area (TPSA) is 67.2 Å². The molecule has 1 aromatic heterocycles. The molecule has 14 heavy (non-hydrogen) atoms. The number of carbonyl (C=O) groups is 1. The highest BCUT2D eigenvalue weighted by Crippen LogP contribution is 2.06. The number of nitrogens with one attached hydrogen (secondary N) is 1. The Morgan fingerprint density at radius 3 is 3.00 bits per heavy atom. The maximum absolute atomic E-state index is 11.0. The van der Waals surface area contributed by atoms with Gasteiger partial charge in [-0.1, -0.05) is 6.92 Å². The SMILES string of the molecule is CCC(=O)NCc1cnn(C)c1CO. The quantitative estimate of drug-likeness (QED) is 0.710. The van der Waals surface area contributed by atoms with E-state index in [0.717, 1.165) is 11.3 Å². The lowest BCUT2D eigenvalue weighted by atomic mass is 10.2. The molecule has 1 rings (SSSR count). The van der Waals surface area contributed by atoms with Crippen LogP contribution in [0.5, 0.6) is 0 Å². The summed E-state index contributed by atoms with van der Waals surface area (Å²) in [6.45, 7) is 2.16. The predicted octanol–water partition coefficient (Wildman–Crippen LogP) is -0.0614. The van der Waals surface area contributed by atoms with Gasteiger partial charge in [-0.05, 0) is 0 Å². The van der Waals surface area contributed by atoms with Crippen molar-refractivity contribution in [3.05, 3.63) is 17.5 Å². The summed E-state index contributed by atoms with van der Waals surface area (Å²) >= 11 is 0. The molecule has 0 atom stereocenters. The van der Waals surface area contributed by atoms with Crippen molar-refractivity contribution in [1.82, 2.24) is 15.1 Å². The van der Waals surface area contributed by atoms with Gasteiger partial charge in [-0.25, -0.2) is 0 Å². The van der Waals surface area contributed by atoms with Crippen LogP contribution < -0.4 is 5.32 Å². The summed E-state index contributed by atoms with van der Waals surface area (Å²) in [6.07, 6.45) is 2.12. The van der Waals surface area contributed by atoms with Gasteiger partial charge in [0.05, 0.1) is 18.5 Å². The molecule has 1 heterocycles. The number of aromatic nitrogens is 2. The smallest absolute Gasteiger partial charge is 0.219 e. The van der Waals surface area contributed by atoms with Crippen LogP contribution in [0.2, 0.25) is 0 Å². The second-order valence-corrected chi connectivity index (χ2v) is 3.03. The molecule has 0 aliphatic rings. The van der Waals surface area contributed by atoms with Crippen LogP contribution in [0.3, 0.4) is 0 Å². The molecule has 0 aliphatic heterocycles. The van der Waals surface area contributed by atoms with E-state index in [2.05, 4.69) is 10.4 Å². The first kappa shape index (κ1) is 10.7. The zero-order valence-electron chi connectivity index (χ0n) is 8.45. The van der Waals surface area contributed by atoms with Gasteiger partial charge in [-0.3, -0.25) is 9.48 Å². The lowest BCUT2D eigenvalue weighted by molar-refractivity contribution is -0.120. The highest BCUT2D eigenvalue weighted by Gasteiger charge is 2.07. The van der Waals surface area contributed by atoms with E-state index in [-0.39, 0.29) is 12.5 Å². The third-order valence-corrected chi connectivity index (χ3v) is 2.09. The van der Waals surface area contributed by atoms with Crippen molar-refractivity contribution in [2.75, 3.05) is 0 Å². The van der Waals surface area contributed by atoms with Crippen molar-refractivity contribution in [3.63, 3.8) is 0 Å². The summed E-state index contributed by atoms with van der Waals surface area (Å²) in [4.78, 5) is 11.0. The number of hydrogen-bond acceptors (Lipinski definition) is 3. The highest BCUT2D eigenvalue weighted by molar-refractivity contribution is 5.75. The molecule has 0 bridgehead atoms. The molecule has 1 aromatic rings. The summed E-state index contributed by atoms with van der Waals surface area (Å²) in [5, 5.41) is 15.8. The van der Waals surface area contributed by atoms with Gasteiger partial charge in [0.1, 0.15) is 0 Å². The van der Waals surface area contributed by atoms with Crippen molar-refractivity contribution < 1.29 is 9.90 Å². The molecule has 2 N–H and O–H groups in total. The van der Waals surface area contributed by atoms with Crippen LogP contribution in [-0.2, 0) is 25.0 Å². The van der Waals surface area contributed by atoms with Crippen LogP contribution in [0.1, 0.15) is 24.6 Å². The number of hydrogen-bond donors (Lipinski definition) is 2. The molecule has 0 spiro atoms. The van der Waals surface area contributed by atoms with E-state index in [1.54, 1.807) is 24.9 Å². The minimum absolute atomic E-state index is 0.00209. The molecule has 0 fully saturated rings. The number of amides is 1. The number of rotatable bonds is 4. The molecule has 78 valence electrons. The first-order chi connectivity index (χ1) is 6.69. The van der Waals surface area contributed by atoms with Crippen molar-refractivity contribution in [1.29, 1.82) is 0 Å². The van der Waals surface area contributed by atoms with Crippen molar-refractivity contribution >= 4 is 5.91 Å². The Kier molecular flexibility index (Phi) is 3.64. The van der Waals surface area contributed by atoms with E-state index in [4.69, 9.17) is 5.11 Å². The number of aliphatic hydroxyl groups is 1. The fraction of sp³-hybridized carbons (Fsp3) is 0.556. The van der Waals surface area contributed by atoms with Crippen LogP contribution in [0.15, 0.2) is 6.20 Å². The lowest BCUT2D eigenvalue weighted by Gasteiger charge is -2.04. The minimum Gasteiger partial charge on any atom is -0.390 e. The normalized spacial score (nSPS) is 10.2. The molecule has 0 saturated heterocycles. The zero-order valence-corrected chi connectivity index (χ0v) is 8.45. The van der Waals surface area contributed by atoms with Crippen molar-refractivity contribution in [2.24, 2.45) is 7.05 Å². The second-order valence-electron chi connectivity index (χ2n) is 3.03. The Balaban J connectivity index is 2.62. The molecule has 5 heteroatoms. The maximum atomic E-state index is 11.0. The third kappa shape index (κ3) is 2.32. The van der Waals surface area contributed by atoms with Gasteiger partial charge >= 0.3 is 0 Å².